The maximum absolute atomic E-state index is 13.5. The monoisotopic (exact) mass is 435 g/mol. The highest BCUT2D eigenvalue weighted by molar-refractivity contribution is 9.10. The summed E-state index contributed by atoms with van der Waals surface area (Å²) in [5, 5.41) is 0. The van der Waals surface area contributed by atoms with Crippen LogP contribution in [0.2, 0.25) is 0 Å². The molecule has 7 heteroatoms. The van der Waals surface area contributed by atoms with E-state index in [1.165, 1.54) is 21.3 Å². The van der Waals surface area contributed by atoms with Crippen LogP contribution >= 0.6 is 15.9 Å². The number of ether oxygens (including phenoxy) is 4. The number of nitrogens with zero attached hydrogens (tertiary/aromatic N) is 1. The molecule has 0 aromatic heterocycles. The van der Waals surface area contributed by atoms with Crippen LogP contribution in [0, 0.1) is 0 Å². The van der Waals surface area contributed by atoms with Crippen LogP contribution in [0.15, 0.2) is 34.8 Å². The lowest BCUT2D eigenvalue weighted by atomic mass is 10.0. The SMILES string of the molecule is COc1cc(C(=O)N2CC(C)(C)Oc3ccccc32)c(Br)c(OC)c1OC. The number of carbonyl (C=O) groups excluding carboxylic acids is 1. The van der Waals surface area contributed by atoms with Gasteiger partial charge in [-0.1, -0.05) is 12.1 Å². The molecule has 1 amide bonds. The fourth-order valence-corrected chi connectivity index (χ4v) is 3.79. The van der Waals surface area contributed by atoms with Crippen molar-refractivity contribution >= 4 is 27.5 Å². The predicted molar refractivity (Wildman–Crippen MR) is 107 cm³/mol. The second kappa shape index (κ2) is 7.31. The summed E-state index contributed by atoms with van der Waals surface area (Å²) in [6, 6.07) is 9.15. The molecule has 0 unspecified atom stereocenters. The highest BCUT2D eigenvalue weighted by Crippen LogP contribution is 2.46. The second-order valence-corrected chi connectivity index (χ2v) is 7.52. The first kappa shape index (κ1) is 19.4. The van der Waals surface area contributed by atoms with Crippen molar-refractivity contribution in [3.05, 3.63) is 40.4 Å². The van der Waals surface area contributed by atoms with E-state index in [1.807, 2.05) is 38.1 Å². The molecule has 0 spiro atoms. The molecule has 0 aliphatic carbocycles. The van der Waals surface area contributed by atoms with Crippen molar-refractivity contribution in [3.8, 4) is 23.0 Å². The second-order valence-electron chi connectivity index (χ2n) is 6.73. The van der Waals surface area contributed by atoms with E-state index in [2.05, 4.69) is 15.9 Å². The summed E-state index contributed by atoms with van der Waals surface area (Å²) in [6.07, 6.45) is 0. The van der Waals surface area contributed by atoms with Crippen molar-refractivity contribution < 1.29 is 23.7 Å². The molecular weight excluding hydrogens is 414 g/mol. The molecule has 3 rings (SSSR count). The fourth-order valence-electron chi connectivity index (χ4n) is 3.17. The minimum atomic E-state index is -0.517. The minimum absolute atomic E-state index is 0.190. The van der Waals surface area contributed by atoms with E-state index in [9.17, 15) is 4.79 Å². The standard InChI is InChI=1S/C20H22BrNO5/c1-20(2)11-22(13-8-6-7-9-14(13)27-20)19(23)12-10-15(24-3)17(25-4)18(26-5)16(12)21/h6-10H,11H2,1-5H3. The van der Waals surface area contributed by atoms with Crippen LogP contribution in [0.1, 0.15) is 24.2 Å². The Labute approximate surface area is 167 Å². The summed E-state index contributed by atoms with van der Waals surface area (Å²) >= 11 is 3.49. The van der Waals surface area contributed by atoms with Gasteiger partial charge >= 0.3 is 0 Å². The van der Waals surface area contributed by atoms with E-state index < -0.39 is 5.60 Å². The number of hydrogen-bond donors (Lipinski definition) is 0. The molecule has 27 heavy (non-hydrogen) atoms. The van der Waals surface area contributed by atoms with Crippen molar-refractivity contribution in [3.63, 3.8) is 0 Å². The first-order chi connectivity index (χ1) is 12.8. The molecule has 1 aliphatic rings. The number of benzene rings is 2. The first-order valence-corrected chi connectivity index (χ1v) is 9.20. The van der Waals surface area contributed by atoms with Crippen molar-refractivity contribution in [2.24, 2.45) is 0 Å². The average molecular weight is 436 g/mol. The Kier molecular flexibility index (Phi) is 5.24. The highest BCUT2D eigenvalue weighted by atomic mass is 79.9. The number of fused-ring (bicyclic) bond motifs is 1. The largest absolute Gasteiger partial charge is 0.493 e. The smallest absolute Gasteiger partial charge is 0.259 e. The normalized spacial score (nSPS) is 14.8. The molecule has 6 nitrogen and oxygen atoms in total. The molecule has 0 saturated heterocycles. The zero-order chi connectivity index (χ0) is 19.8. The Morgan fingerprint density at radius 1 is 1.11 bits per heavy atom. The van der Waals surface area contributed by atoms with Gasteiger partial charge in [-0.2, -0.15) is 0 Å². The zero-order valence-electron chi connectivity index (χ0n) is 16.0. The van der Waals surface area contributed by atoms with Crippen molar-refractivity contribution in [1.82, 2.24) is 0 Å². The molecule has 0 N–H and O–H groups in total. The van der Waals surface area contributed by atoms with Crippen molar-refractivity contribution in [2.75, 3.05) is 32.8 Å². The summed E-state index contributed by atoms with van der Waals surface area (Å²) in [5.41, 5.74) is 0.622. The minimum Gasteiger partial charge on any atom is -0.493 e. The van der Waals surface area contributed by atoms with Crippen LogP contribution in [0.5, 0.6) is 23.0 Å². The Bertz CT molecular complexity index is 881. The number of amides is 1. The van der Waals surface area contributed by atoms with Gasteiger partial charge in [0.05, 0.1) is 43.6 Å². The lowest BCUT2D eigenvalue weighted by molar-refractivity contribution is 0.0835. The summed E-state index contributed by atoms with van der Waals surface area (Å²) in [6.45, 7) is 4.31. The molecule has 2 aromatic rings. The first-order valence-electron chi connectivity index (χ1n) is 8.41. The Hall–Kier alpha value is -2.41. The van der Waals surface area contributed by atoms with Gasteiger partial charge in [0.1, 0.15) is 11.4 Å². The third-order valence-electron chi connectivity index (χ3n) is 4.33. The van der Waals surface area contributed by atoms with Crippen LogP contribution in [0.3, 0.4) is 0 Å². The predicted octanol–water partition coefficient (Wildman–Crippen LogP) is 4.29. The molecule has 1 aliphatic heterocycles. The van der Waals surface area contributed by atoms with E-state index in [1.54, 1.807) is 11.0 Å². The third kappa shape index (κ3) is 3.43. The summed E-state index contributed by atoms with van der Waals surface area (Å²) in [7, 11) is 4.56. The topological polar surface area (TPSA) is 57.2 Å². The van der Waals surface area contributed by atoms with Gasteiger partial charge in [0.15, 0.2) is 11.5 Å². The molecule has 0 fully saturated rings. The number of anilines is 1. The molecule has 1 heterocycles. The summed E-state index contributed by atoms with van der Waals surface area (Å²) in [4.78, 5) is 15.2. The lowest BCUT2D eigenvalue weighted by Crippen LogP contribution is -2.49. The number of para-hydroxylation sites is 2. The highest BCUT2D eigenvalue weighted by Gasteiger charge is 2.36. The van der Waals surface area contributed by atoms with Gasteiger partial charge in [0, 0.05) is 0 Å². The molecule has 0 radical (unpaired) electrons. The van der Waals surface area contributed by atoms with Crippen LogP contribution in [0.25, 0.3) is 0 Å². The van der Waals surface area contributed by atoms with Gasteiger partial charge in [0.2, 0.25) is 5.75 Å². The average Bonchev–Trinajstić information content (AvgIpc) is 2.65. The van der Waals surface area contributed by atoms with Gasteiger partial charge in [-0.15, -0.1) is 0 Å². The Morgan fingerprint density at radius 2 is 1.78 bits per heavy atom. The zero-order valence-corrected chi connectivity index (χ0v) is 17.5. The Balaban J connectivity index is 2.14. The Morgan fingerprint density at radius 3 is 2.41 bits per heavy atom. The lowest BCUT2D eigenvalue weighted by Gasteiger charge is -2.39. The van der Waals surface area contributed by atoms with E-state index >= 15 is 0 Å². The molecule has 0 atom stereocenters. The van der Waals surface area contributed by atoms with E-state index in [-0.39, 0.29) is 5.91 Å². The number of hydrogen-bond acceptors (Lipinski definition) is 5. The van der Waals surface area contributed by atoms with Gasteiger partial charge in [0.25, 0.3) is 5.91 Å². The van der Waals surface area contributed by atoms with Crippen molar-refractivity contribution in [2.45, 2.75) is 19.4 Å². The van der Waals surface area contributed by atoms with Gasteiger partial charge in [-0.25, -0.2) is 0 Å². The quantitative estimate of drug-likeness (QED) is 0.716. The molecule has 144 valence electrons. The van der Waals surface area contributed by atoms with Crippen LogP contribution in [0.4, 0.5) is 5.69 Å². The van der Waals surface area contributed by atoms with E-state index in [0.29, 0.717) is 39.6 Å². The van der Waals surface area contributed by atoms with Crippen LogP contribution in [-0.2, 0) is 0 Å². The number of carbonyl (C=O) groups is 1. The van der Waals surface area contributed by atoms with Crippen LogP contribution in [-0.4, -0.2) is 39.4 Å². The van der Waals surface area contributed by atoms with Gasteiger partial charge in [-0.05, 0) is 48.0 Å². The van der Waals surface area contributed by atoms with Gasteiger partial charge in [-0.3, -0.25) is 4.79 Å². The van der Waals surface area contributed by atoms with Gasteiger partial charge < -0.3 is 23.8 Å². The molecule has 0 bridgehead atoms. The number of methoxy groups -OCH3 is 3. The third-order valence-corrected chi connectivity index (χ3v) is 5.11. The van der Waals surface area contributed by atoms with E-state index in [0.717, 1.165) is 5.69 Å². The molecule has 2 aromatic carbocycles. The maximum Gasteiger partial charge on any atom is 0.259 e. The number of halogens is 1. The summed E-state index contributed by atoms with van der Waals surface area (Å²) in [5.74, 6) is 1.73. The molecule has 0 saturated carbocycles. The summed E-state index contributed by atoms with van der Waals surface area (Å²) < 4.78 is 22.8. The fraction of sp³-hybridized carbons (Fsp3) is 0.350. The van der Waals surface area contributed by atoms with E-state index in [4.69, 9.17) is 18.9 Å². The van der Waals surface area contributed by atoms with Crippen molar-refractivity contribution in [1.29, 1.82) is 0 Å². The maximum atomic E-state index is 13.5. The number of rotatable bonds is 4. The van der Waals surface area contributed by atoms with Crippen LogP contribution < -0.4 is 23.8 Å². The molecular formula is C20H22BrNO5.